The van der Waals surface area contributed by atoms with Crippen LogP contribution in [0.15, 0.2) is 12.2 Å². The Morgan fingerprint density at radius 1 is 0.457 bits per heavy atom. The summed E-state index contributed by atoms with van der Waals surface area (Å²) in [6, 6.07) is 0. The maximum Gasteiger partial charge on any atom is 0.384 e. The van der Waals surface area contributed by atoms with Gasteiger partial charge in [0, 0.05) is 12.8 Å². The molecule has 16 heteroatoms. The Bertz CT molecular complexity index is 708. The minimum absolute atomic E-state index is 0.0792. The van der Waals surface area contributed by atoms with E-state index in [9.17, 15) is 70.2 Å². The summed E-state index contributed by atoms with van der Waals surface area (Å²) in [6.07, 6.45) is -5.26. The Labute approximate surface area is 189 Å². The molecule has 0 atom stereocenters. The van der Waals surface area contributed by atoms with Crippen LogP contribution in [-0.2, 0) is 0 Å². The molecule has 0 radical (unpaired) electrons. The molecule has 35 heavy (non-hydrogen) atoms. The quantitative estimate of drug-likeness (QED) is 0.108. The Morgan fingerprint density at radius 3 is 1.14 bits per heavy atom. The van der Waals surface area contributed by atoms with E-state index in [1.165, 1.54) is 6.92 Å². The van der Waals surface area contributed by atoms with E-state index in [4.69, 9.17) is 0 Å². The molecule has 0 rings (SSSR count). The molecule has 0 saturated heterocycles. The lowest BCUT2D eigenvalue weighted by atomic mass is 9.86. The van der Waals surface area contributed by atoms with Crippen LogP contribution < -0.4 is 0 Å². The van der Waals surface area contributed by atoms with E-state index in [2.05, 4.69) is 0 Å². The van der Waals surface area contributed by atoms with Gasteiger partial charge in [-0.15, -0.1) is 0 Å². The van der Waals surface area contributed by atoms with Crippen molar-refractivity contribution < 1.29 is 70.2 Å². The zero-order valence-corrected chi connectivity index (χ0v) is 18.2. The minimum Gasteiger partial charge on any atom is -0.200 e. The molecule has 0 aliphatic carbocycles. The number of halogens is 16. The standard InChI is InChI=1S/C19H22F16/c1-3-5-7-9-11-13(22,23)15(26,27)17(30,31)19(34,35)18(32,33)16(28,29)14(24,25)12(20,21)10-8-6-4-2/h4,6H,3,5,7-11H2,1-2H3. The first-order valence-electron chi connectivity index (χ1n) is 10.0. The summed E-state index contributed by atoms with van der Waals surface area (Å²) in [4.78, 5) is 0. The highest BCUT2D eigenvalue weighted by atomic mass is 19.4. The zero-order valence-electron chi connectivity index (χ0n) is 18.2. The molecule has 0 aliphatic rings. The van der Waals surface area contributed by atoms with Gasteiger partial charge in [0.2, 0.25) is 0 Å². The summed E-state index contributed by atoms with van der Waals surface area (Å²) in [6.45, 7) is 2.62. The Hall–Kier alpha value is -1.38. The molecule has 0 saturated carbocycles. The topological polar surface area (TPSA) is 0 Å². The number of hydrogen-bond donors (Lipinski definition) is 0. The third-order valence-corrected chi connectivity index (χ3v) is 5.10. The molecule has 0 unspecified atom stereocenters. The molecule has 0 fully saturated rings. The van der Waals surface area contributed by atoms with Crippen LogP contribution in [0.4, 0.5) is 70.2 Å². The average Bonchev–Trinajstić information content (AvgIpc) is 2.70. The molecule has 210 valence electrons. The Morgan fingerprint density at radius 2 is 0.800 bits per heavy atom. The minimum atomic E-state index is -8.35. The second kappa shape index (κ2) is 10.5. The van der Waals surface area contributed by atoms with Crippen molar-refractivity contribution in [3.8, 4) is 0 Å². The van der Waals surface area contributed by atoms with Gasteiger partial charge < -0.3 is 0 Å². The van der Waals surface area contributed by atoms with Crippen LogP contribution in [0.2, 0.25) is 0 Å². The predicted octanol–water partition coefficient (Wildman–Crippen LogP) is 9.40. The molecule has 0 heterocycles. The van der Waals surface area contributed by atoms with Crippen LogP contribution in [0.25, 0.3) is 0 Å². The van der Waals surface area contributed by atoms with E-state index < -0.39 is 73.1 Å². The lowest BCUT2D eigenvalue weighted by Crippen LogP contribution is -2.74. The fourth-order valence-corrected chi connectivity index (χ4v) is 2.77. The fourth-order valence-electron chi connectivity index (χ4n) is 2.77. The summed E-state index contributed by atoms with van der Waals surface area (Å²) in [5.74, 6) is -60.3. The van der Waals surface area contributed by atoms with Crippen LogP contribution >= 0.6 is 0 Å². The summed E-state index contributed by atoms with van der Waals surface area (Å²) in [5.41, 5.74) is 0. The van der Waals surface area contributed by atoms with Gasteiger partial charge in [0.1, 0.15) is 0 Å². The highest BCUT2D eigenvalue weighted by Crippen LogP contribution is 2.64. The molecule has 0 amide bonds. The summed E-state index contributed by atoms with van der Waals surface area (Å²) in [7, 11) is 0. The van der Waals surface area contributed by atoms with Gasteiger partial charge in [-0.2, -0.15) is 70.2 Å². The van der Waals surface area contributed by atoms with E-state index in [0.29, 0.717) is 12.5 Å². The van der Waals surface area contributed by atoms with Crippen molar-refractivity contribution in [3.05, 3.63) is 12.2 Å². The number of alkyl halides is 16. The number of hydrogen-bond acceptors (Lipinski definition) is 0. The van der Waals surface area contributed by atoms with Gasteiger partial charge in [-0.05, 0) is 19.8 Å². The molecule has 0 aromatic heterocycles. The first-order valence-corrected chi connectivity index (χ1v) is 10.0. The van der Waals surface area contributed by atoms with Gasteiger partial charge in [0.15, 0.2) is 0 Å². The van der Waals surface area contributed by atoms with Crippen molar-refractivity contribution >= 4 is 0 Å². The monoisotopic (exact) mass is 554 g/mol. The molecular weight excluding hydrogens is 532 g/mol. The van der Waals surface area contributed by atoms with Crippen molar-refractivity contribution in [2.24, 2.45) is 0 Å². The van der Waals surface area contributed by atoms with E-state index >= 15 is 0 Å². The predicted molar refractivity (Wildman–Crippen MR) is 92.4 cm³/mol. The SMILES string of the molecule is CC=CCCC(F)(F)C(F)(F)C(F)(F)C(F)(F)C(F)(F)C(F)(F)C(F)(F)C(F)(F)CCCCCC. The lowest BCUT2D eigenvalue weighted by molar-refractivity contribution is -0.453. The molecule has 0 aromatic rings. The highest BCUT2D eigenvalue weighted by molar-refractivity contribution is 5.16. The molecule has 0 bridgehead atoms. The Balaban J connectivity index is 6.44. The molecule has 0 aliphatic heterocycles. The first-order chi connectivity index (χ1) is 15.4. The third-order valence-electron chi connectivity index (χ3n) is 5.10. The zero-order chi connectivity index (χ0) is 28.4. The van der Waals surface area contributed by atoms with Gasteiger partial charge in [-0.25, -0.2) is 0 Å². The maximum absolute atomic E-state index is 13.8. The van der Waals surface area contributed by atoms with Crippen molar-refractivity contribution in [1.82, 2.24) is 0 Å². The molecular formula is C19H22F16. The van der Waals surface area contributed by atoms with Gasteiger partial charge in [0.25, 0.3) is 0 Å². The first kappa shape index (κ1) is 33.6. The lowest BCUT2D eigenvalue weighted by Gasteiger charge is -2.43. The van der Waals surface area contributed by atoms with Crippen LogP contribution in [0.5, 0.6) is 0 Å². The number of rotatable bonds is 15. The van der Waals surface area contributed by atoms with Crippen LogP contribution in [0.1, 0.15) is 58.8 Å². The molecule has 0 aromatic carbocycles. The van der Waals surface area contributed by atoms with Crippen molar-refractivity contribution in [3.63, 3.8) is 0 Å². The van der Waals surface area contributed by atoms with Gasteiger partial charge in [-0.3, -0.25) is 0 Å². The van der Waals surface area contributed by atoms with E-state index in [-0.39, 0.29) is 12.8 Å². The summed E-state index contributed by atoms with van der Waals surface area (Å²) >= 11 is 0. The van der Waals surface area contributed by atoms with Gasteiger partial charge in [0.05, 0.1) is 0 Å². The van der Waals surface area contributed by atoms with Crippen molar-refractivity contribution in [2.45, 2.75) is 106 Å². The van der Waals surface area contributed by atoms with Gasteiger partial charge in [-0.1, -0.05) is 38.3 Å². The summed E-state index contributed by atoms with van der Waals surface area (Å²) < 4.78 is 219. The van der Waals surface area contributed by atoms with Gasteiger partial charge >= 0.3 is 47.4 Å². The number of unbranched alkanes of at least 4 members (excludes halogenated alkanes) is 3. The van der Waals surface area contributed by atoms with Crippen molar-refractivity contribution in [1.29, 1.82) is 0 Å². The molecule has 0 spiro atoms. The highest BCUT2D eigenvalue weighted by Gasteiger charge is 2.94. The molecule has 0 nitrogen and oxygen atoms in total. The fraction of sp³-hybridized carbons (Fsp3) is 0.895. The van der Waals surface area contributed by atoms with Crippen molar-refractivity contribution in [2.75, 3.05) is 0 Å². The van der Waals surface area contributed by atoms with Crippen LogP contribution in [0.3, 0.4) is 0 Å². The smallest absolute Gasteiger partial charge is 0.200 e. The Kier molecular flexibility index (Phi) is 10.1. The van der Waals surface area contributed by atoms with E-state index in [1.54, 1.807) is 0 Å². The van der Waals surface area contributed by atoms with E-state index in [0.717, 1.165) is 13.0 Å². The maximum atomic E-state index is 13.8. The third kappa shape index (κ3) is 5.49. The second-order valence-corrected chi connectivity index (χ2v) is 7.77. The number of allylic oxidation sites excluding steroid dienone is 2. The van der Waals surface area contributed by atoms with E-state index in [1.807, 2.05) is 0 Å². The largest absolute Gasteiger partial charge is 0.384 e. The molecule has 0 N–H and O–H groups in total. The summed E-state index contributed by atoms with van der Waals surface area (Å²) in [5, 5.41) is 0. The van der Waals surface area contributed by atoms with Crippen LogP contribution in [-0.4, -0.2) is 47.4 Å². The average molecular weight is 554 g/mol. The second-order valence-electron chi connectivity index (χ2n) is 7.77. The van der Waals surface area contributed by atoms with Crippen LogP contribution in [0, 0.1) is 0 Å². The normalized spacial score (nSPS) is 15.8.